The summed E-state index contributed by atoms with van der Waals surface area (Å²) in [5.41, 5.74) is 0. The molecule has 0 aromatic rings. The summed E-state index contributed by atoms with van der Waals surface area (Å²) in [6.45, 7) is 6.49. The van der Waals surface area contributed by atoms with Crippen LogP contribution >= 0.6 is 0 Å². The number of carbonyl (C=O) groups excluding carboxylic acids is 3. The van der Waals surface area contributed by atoms with Crippen molar-refractivity contribution in [2.45, 2.75) is 335 Å². The van der Waals surface area contributed by atoms with Gasteiger partial charge in [0.05, 0.1) is 0 Å². The smallest absolute Gasteiger partial charge is 0.306 e. The minimum Gasteiger partial charge on any atom is -0.462 e. The summed E-state index contributed by atoms with van der Waals surface area (Å²) >= 11 is 0. The first-order valence-electron chi connectivity index (χ1n) is 33.7. The molecule has 0 radical (unpaired) electrons. The molecule has 454 valence electrons. The summed E-state index contributed by atoms with van der Waals surface area (Å²) < 4.78 is 16.9. The third-order valence-corrected chi connectivity index (χ3v) is 14.5. The zero-order valence-electron chi connectivity index (χ0n) is 52.1. The quantitative estimate of drug-likeness (QED) is 0.0261. The normalized spacial score (nSPS) is 12.7. The molecule has 0 aliphatic carbocycles. The summed E-state index contributed by atoms with van der Waals surface area (Å²) in [7, 11) is 0. The van der Waals surface area contributed by atoms with Crippen molar-refractivity contribution in [1.82, 2.24) is 0 Å². The Hall–Kier alpha value is -3.67. The third kappa shape index (κ3) is 65.0. The lowest BCUT2D eigenvalue weighted by molar-refractivity contribution is -0.167. The van der Waals surface area contributed by atoms with Crippen molar-refractivity contribution in [1.29, 1.82) is 0 Å². The van der Waals surface area contributed by atoms with E-state index in [0.717, 1.165) is 116 Å². The van der Waals surface area contributed by atoms with Gasteiger partial charge >= 0.3 is 17.9 Å². The van der Waals surface area contributed by atoms with Gasteiger partial charge in [0, 0.05) is 19.3 Å². The zero-order chi connectivity index (χ0) is 57.1. The number of carbonyl (C=O) groups is 3. The highest BCUT2D eigenvalue weighted by atomic mass is 16.6. The molecule has 0 fully saturated rings. The van der Waals surface area contributed by atoms with Gasteiger partial charge in [-0.3, -0.25) is 14.4 Å². The zero-order valence-corrected chi connectivity index (χ0v) is 52.1. The van der Waals surface area contributed by atoms with E-state index in [1.807, 2.05) is 0 Å². The van der Waals surface area contributed by atoms with Gasteiger partial charge in [0.1, 0.15) is 13.2 Å². The van der Waals surface area contributed by atoms with Crippen molar-refractivity contribution < 1.29 is 28.6 Å². The van der Waals surface area contributed by atoms with Crippen LogP contribution in [0.3, 0.4) is 0 Å². The molecular weight excluding hydrogens is 973 g/mol. The summed E-state index contributed by atoms with van der Waals surface area (Å²) in [6.07, 6.45) is 89.9. The fourth-order valence-corrected chi connectivity index (χ4v) is 9.48. The van der Waals surface area contributed by atoms with Crippen LogP contribution in [0.4, 0.5) is 0 Å². The maximum absolute atomic E-state index is 12.9. The molecule has 6 nitrogen and oxygen atoms in total. The van der Waals surface area contributed by atoms with Crippen LogP contribution in [0.5, 0.6) is 0 Å². The van der Waals surface area contributed by atoms with E-state index >= 15 is 0 Å². The van der Waals surface area contributed by atoms with Crippen LogP contribution in [-0.4, -0.2) is 37.2 Å². The Balaban J connectivity index is 4.26. The Morgan fingerprint density at radius 3 is 0.810 bits per heavy atom. The standard InChI is InChI=1S/C73H126O6/c1-4-7-10-13-16-19-22-25-28-30-32-33-34-35-36-37-38-39-40-41-42-44-45-48-51-54-57-60-63-66-72(75)78-69-70(68-77-71(74)65-62-59-56-53-50-47-27-24-21-18-15-12-9-6-3)79-73(76)67-64-61-58-55-52-49-46-43-31-29-26-23-20-17-14-11-8-5-2/h7,10,15-16,18-20,23-25,27-29,31-33,70H,4-6,8-9,11-14,17,21-22,26,30,34-69H2,1-3H3/b10-7-,18-15-,19-16-,23-20-,27-24-,28-25-,31-29-,33-32-. The first kappa shape index (κ1) is 75.3. The van der Waals surface area contributed by atoms with Gasteiger partial charge in [0.2, 0.25) is 0 Å². The lowest BCUT2D eigenvalue weighted by Gasteiger charge is -2.18. The number of ether oxygens (including phenoxy) is 3. The molecule has 0 amide bonds. The first-order chi connectivity index (χ1) is 39.0. The van der Waals surface area contributed by atoms with Gasteiger partial charge in [0.25, 0.3) is 0 Å². The molecule has 6 heteroatoms. The SMILES string of the molecule is CC/C=C\C/C=C\C/C=C\C/C=C\CCCCCCCCCCCCCCCCCCC(=O)OCC(COC(=O)CCCCCCC/C=C\C/C=C\CCCC)OC(=O)CCCCCCCCC/C=C\C/C=C\CCCCCC. The molecule has 0 spiro atoms. The van der Waals surface area contributed by atoms with Gasteiger partial charge in [0.15, 0.2) is 6.10 Å². The van der Waals surface area contributed by atoms with Crippen LogP contribution in [0.15, 0.2) is 97.2 Å². The van der Waals surface area contributed by atoms with Crippen molar-refractivity contribution in [3.05, 3.63) is 97.2 Å². The number of allylic oxidation sites excluding steroid dienone is 16. The largest absolute Gasteiger partial charge is 0.462 e. The topological polar surface area (TPSA) is 78.9 Å². The summed E-state index contributed by atoms with van der Waals surface area (Å²) in [6, 6.07) is 0. The molecule has 0 aromatic carbocycles. The van der Waals surface area contributed by atoms with Crippen molar-refractivity contribution in [2.75, 3.05) is 13.2 Å². The van der Waals surface area contributed by atoms with Crippen LogP contribution in [0.25, 0.3) is 0 Å². The number of esters is 3. The highest BCUT2D eigenvalue weighted by Crippen LogP contribution is 2.17. The second-order valence-electron chi connectivity index (χ2n) is 22.3. The van der Waals surface area contributed by atoms with Gasteiger partial charge in [-0.2, -0.15) is 0 Å². The highest BCUT2D eigenvalue weighted by molar-refractivity contribution is 5.71. The highest BCUT2D eigenvalue weighted by Gasteiger charge is 2.19. The maximum atomic E-state index is 12.9. The van der Waals surface area contributed by atoms with Gasteiger partial charge < -0.3 is 14.2 Å². The first-order valence-corrected chi connectivity index (χ1v) is 33.7. The lowest BCUT2D eigenvalue weighted by Crippen LogP contribution is -2.30. The van der Waals surface area contributed by atoms with Gasteiger partial charge in [-0.1, -0.05) is 291 Å². The minimum absolute atomic E-state index is 0.0831. The maximum Gasteiger partial charge on any atom is 0.306 e. The fraction of sp³-hybridized carbons (Fsp3) is 0.740. The van der Waals surface area contributed by atoms with Crippen LogP contribution in [0.2, 0.25) is 0 Å². The van der Waals surface area contributed by atoms with Gasteiger partial charge in [-0.25, -0.2) is 0 Å². The van der Waals surface area contributed by atoms with E-state index in [1.165, 1.54) is 173 Å². The molecule has 0 rings (SSSR count). The van der Waals surface area contributed by atoms with Crippen LogP contribution in [0, 0.1) is 0 Å². The average Bonchev–Trinajstić information content (AvgIpc) is 3.45. The van der Waals surface area contributed by atoms with Gasteiger partial charge in [-0.15, -0.1) is 0 Å². The molecule has 0 aliphatic rings. The monoisotopic (exact) mass is 1100 g/mol. The van der Waals surface area contributed by atoms with Crippen LogP contribution in [-0.2, 0) is 28.6 Å². The second-order valence-corrected chi connectivity index (χ2v) is 22.3. The van der Waals surface area contributed by atoms with E-state index in [9.17, 15) is 14.4 Å². The second kappa shape index (κ2) is 66.8. The Labute approximate surface area is 489 Å². The molecule has 0 saturated heterocycles. The Morgan fingerprint density at radius 1 is 0.266 bits per heavy atom. The van der Waals surface area contributed by atoms with Crippen LogP contribution in [0.1, 0.15) is 329 Å². The van der Waals surface area contributed by atoms with Crippen molar-refractivity contribution in [2.24, 2.45) is 0 Å². The molecule has 0 saturated carbocycles. The predicted octanol–water partition coefficient (Wildman–Crippen LogP) is 23.2. The lowest BCUT2D eigenvalue weighted by atomic mass is 10.0. The minimum atomic E-state index is -0.788. The van der Waals surface area contributed by atoms with E-state index < -0.39 is 6.10 Å². The number of rotatable bonds is 61. The molecule has 79 heavy (non-hydrogen) atoms. The van der Waals surface area contributed by atoms with E-state index in [4.69, 9.17) is 14.2 Å². The molecule has 1 atom stereocenters. The van der Waals surface area contributed by atoms with E-state index in [0.29, 0.717) is 19.3 Å². The van der Waals surface area contributed by atoms with E-state index in [2.05, 4.69) is 118 Å². The Morgan fingerprint density at radius 2 is 0.506 bits per heavy atom. The molecular formula is C73H126O6. The average molecular weight is 1100 g/mol. The molecule has 0 bridgehead atoms. The van der Waals surface area contributed by atoms with E-state index in [1.54, 1.807) is 0 Å². The van der Waals surface area contributed by atoms with Crippen molar-refractivity contribution in [3.63, 3.8) is 0 Å². The number of unbranched alkanes of at least 4 members (excludes halogenated alkanes) is 34. The Bertz CT molecular complexity index is 1540. The molecule has 0 aliphatic heterocycles. The van der Waals surface area contributed by atoms with Crippen molar-refractivity contribution in [3.8, 4) is 0 Å². The third-order valence-electron chi connectivity index (χ3n) is 14.5. The summed E-state index contributed by atoms with van der Waals surface area (Å²) in [4.78, 5) is 38.4. The van der Waals surface area contributed by atoms with E-state index in [-0.39, 0.29) is 31.1 Å². The summed E-state index contributed by atoms with van der Waals surface area (Å²) in [5.74, 6) is -0.892. The molecule has 0 heterocycles. The summed E-state index contributed by atoms with van der Waals surface area (Å²) in [5, 5.41) is 0. The fourth-order valence-electron chi connectivity index (χ4n) is 9.48. The molecule has 0 aromatic heterocycles. The predicted molar refractivity (Wildman–Crippen MR) is 344 cm³/mol. The van der Waals surface area contributed by atoms with Crippen LogP contribution < -0.4 is 0 Å². The number of hydrogen-bond acceptors (Lipinski definition) is 6. The molecule has 0 N–H and O–H groups in total. The van der Waals surface area contributed by atoms with Gasteiger partial charge in [-0.05, 0) is 116 Å². The molecule has 1 unspecified atom stereocenters. The number of hydrogen-bond donors (Lipinski definition) is 0. The van der Waals surface area contributed by atoms with Crippen molar-refractivity contribution >= 4 is 17.9 Å². The Kier molecular flexibility index (Phi) is 63.7.